The van der Waals surface area contributed by atoms with Gasteiger partial charge in [0.05, 0.1) is 12.6 Å². The van der Waals surface area contributed by atoms with Crippen LogP contribution in [0.5, 0.6) is 0 Å². The molecule has 0 bridgehead atoms. The lowest BCUT2D eigenvalue weighted by Gasteiger charge is -2.12. The fourth-order valence-electron chi connectivity index (χ4n) is 1.09. The molecule has 5 heteroatoms. The summed E-state index contributed by atoms with van der Waals surface area (Å²) in [5.74, 6) is 4.72. The maximum absolute atomic E-state index is 11.6. The van der Waals surface area contributed by atoms with Crippen molar-refractivity contribution in [3.8, 4) is 0 Å². The lowest BCUT2D eigenvalue weighted by molar-refractivity contribution is 0.0857. The van der Waals surface area contributed by atoms with Crippen molar-refractivity contribution in [2.24, 2.45) is 5.90 Å². The third-order valence-corrected chi connectivity index (χ3v) is 2.08. The Morgan fingerprint density at radius 2 is 2.13 bits per heavy atom. The van der Waals surface area contributed by atoms with Gasteiger partial charge in [-0.2, -0.15) is 0 Å². The van der Waals surface area contributed by atoms with Crippen molar-refractivity contribution in [2.75, 3.05) is 6.61 Å². The van der Waals surface area contributed by atoms with Crippen LogP contribution >= 0.6 is 11.6 Å². The van der Waals surface area contributed by atoms with Crippen LogP contribution in [0.2, 0.25) is 5.02 Å². The summed E-state index contributed by atoms with van der Waals surface area (Å²) in [6, 6.07) is 6.53. The molecule has 1 rings (SSSR count). The van der Waals surface area contributed by atoms with Gasteiger partial charge >= 0.3 is 0 Å². The smallest absolute Gasteiger partial charge is 0.251 e. The molecule has 1 amide bonds. The van der Waals surface area contributed by atoms with E-state index in [-0.39, 0.29) is 18.6 Å². The molecule has 3 N–H and O–H groups in total. The van der Waals surface area contributed by atoms with Crippen molar-refractivity contribution in [3.05, 3.63) is 34.9 Å². The fourth-order valence-corrected chi connectivity index (χ4v) is 1.22. The van der Waals surface area contributed by atoms with Gasteiger partial charge in [-0.05, 0) is 31.2 Å². The van der Waals surface area contributed by atoms with Gasteiger partial charge in [0, 0.05) is 10.6 Å². The number of carbonyl (C=O) groups is 1. The van der Waals surface area contributed by atoms with Crippen molar-refractivity contribution < 1.29 is 9.63 Å². The van der Waals surface area contributed by atoms with Gasteiger partial charge in [-0.15, -0.1) is 0 Å². The van der Waals surface area contributed by atoms with Gasteiger partial charge in [0.1, 0.15) is 0 Å². The monoisotopic (exact) mass is 228 g/mol. The number of nitrogens with one attached hydrogen (secondary N) is 1. The second-order valence-electron chi connectivity index (χ2n) is 3.21. The summed E-state index contributed by atoms with van der Waals surface area (Å²) in [6.45, 7) is 2.08. The molecule has 0 aliphatic heterocycles. The van der Waals surface area contributed by atoms with Crippen LogP contribution in [0.3, 0.4) is 0 Å². The molecule has 0 saturated carbocycles. The highest BCUT2D eigenvalue weighted by molar-refractivity contribution is 6.30. The predicted molar refractivity (Wildman–Crippen MR) is 58.5 cm³/mol. The van der Waals surface area contributed by atoms with Crippen LogP contribution in [0.1, 0.15) is 17.3 Å². The summed E-state index contributed by atoms with van der Waals surface area (Å²) in [5.41, 5.74) is 0.559. The zero-order valence-corrected chi connectivity index (χ0v) is 9.12. The largest absolute Gasteiger partial charge is 0.347 e. The second-order valence-corrected chi connectivity index (χ2v) is 3.65. The maximum atomic E-state index is 11.6. The first kappa shape index (κ1) is 12.0. The lowest BCUT2D eigenvalue weighted by Crippen LogP contribution is -2.36. The van der Waals surface area contributed by atoms with Crippen molar-refractivity contribution in [1.82, 2.24) is 5.32 Å². The molecular formula is C10H13ClN2O2. The summed E-state index contributed by atoms with van der Waals surface area (Å²) in [4.78, 5) is 16.0. The SMILES string of the molecule is CC(CON)NC(=O)c1ccc(Cl)cc1. The summed E-state index contributed by atoms with van der Waals surface area (Å²) in [7, 11) is 0. The van der Waals surface area contributed by atoms with Crippen molar-refractivity contribution in [3.63, 3.8) is 0 Å². The maximum Gasteiger partial charge on any atom is 0.251 e. The van der Waals surface area contributed by atoms with Gasteiger partial charge in [-0.3, -0.25) is 4.79 Å². The highest BCUT2D eigenvalue weighted by Gasteiger charge is 2.08. The number of carbonyl (C=O) groups excluding carboxylic acids is 1. The second kappa shape index (κ2) is 5.70. The summed E-state index contributed by atoms with van der Waals surface area (Å²) in [5, 5.41) is 3.33. The average Bonchev–Trinajstić information content (AvgIpc) is 2.18. The number of halogens is 1. The van der Waals surface area contributed by atoms with E-state index >= 15 is 0 Å². The quantitative estimate of drug-likeness (QED) is 0.765. The Hall–Kier alpha value is -1.10. The predicted octanol–water partition coefficient (Wildman–Crippen LogP) is 1.35. The van der Waals surface area contributed by atoms with E-state index in [0.717, 1.165) is 0 Å². The number of rotatable bonds is 4. The molecule has 0 saturated heterocycles. The number of benzene rings is 1. The number of nitrogens with two attached hydrogens (primary N) is 1. The first-order chi connectivity index (χ1) is 7.13. The Kier molecular flexibility index (Phi) is 4.55. The minimum absolute atomic E-state index is 0.127. The van der Waals surface area contributed by atoms with Crippen LogP contribution in [-0.4, -0.2) is 18.6 Å². The average molecular weight is 229 g/mol. The first-order valence-corrected chi connectivity index (χ1v) is 4.89. The minimum Gasteiger partial charge on any atom is -0.347 e. The van der Waals surface area contributed by atoms with E-state index in [0.29, 0.717) is 10.6 Å². The van der Waals surface area contributed by atoms with Gasteiger partial charge in [0.15, 0.2) is 0 Å². The number of amides is 1. The van der Waals surface area contributed by atoms with Crippen molar-refractivity contribution in [2.45, 2.75) is 13.0 Å². The molecular weight excluding hydrogens is 216 g/mol. The molecule has 1 aromatic carbocycles. The van der Waals surface area contributed by atoms with Gasteiger partial charge in [-0.1, -0.05) is 11.6 Å². The normalized spacial score (nSPS) is 12.2. The summed E-state index contributed by atoms with van der Waals surface area (Å²) in [6.07, 6.45) is 0. The minimum atomic E-state index is -0.170. The molecule has 0 aliphatic carbocycles. The third-order valence-electron chi connectivity index (χ3n) is 1.83. The molecule has 0 aromatic heterocycles. The van der Waals surface area contributed by atoms with Crippen LogP contribution in [0.4, 0.5) is 0 Å². The van der Waals surface area contributed by atoms with Crippen LogP contribution < -0.4 is 11.2 Å². The lowest BCUT2D eigenvalue weighted by atomic mass is 10.2. The summed E-state index contributed by atoms with van der Waals surface area (Å²) < 4.78 is 0. The standard InChI is InChI=1S/C10H13ClN2O2/c1-7(6-15-12)13-10(14)8-2-4-9(11)5-3-8/h2-5,7H,6,12H2,1H3,(H,13,14). The van der Waals surface area contributed by atoms with E-state index in [1.54, 1.807) is 31.2 Å². The van der Waals surface area contributed by atoms with E-state index in [2.05, 4.69) is 10.2 Å². The molecule has 4 nitrogen and oxygen atoms in total. The van der Waals surface area contributed by atoms with Crippen LogP contribution in [0.25, 0.3) is 0 Å². The third kappa shape index (κ3) is 3.87. The molecule has 0 spiro atoms. The highest BCUT2D eigenvalue weighted by Crippen LogP contribution is 2.09. The van der Waals surface area contributed by atoms with Gasteiger partial charge in [0.2, 0.25) is 0 Å². The topological polar surface area (TPSA) is 64.3 Å². The molecule has 15 heavy (non-hydrogen) atoms. The Morgan fingerprint density at radius 3 is 2.67 bits per heavy atom. The van der Waals surface area contributed by atoms with Crippen molar-refractivity contribution in [1.29, 1.82) is 0 Å². The van der Waals surface area contributed by atoms with E-state index < -0.39 is 0 Å². The zero-order chi connectivity index (χ0) is 11.3. The Morgan fingerprint density at radius 1 is 1.53 bits per heavy atom. The fraction of sp³-hybridized carbons (Fsp3) is 0.300. The van der Waals surface area contributed by atoms with Crippen LogP contribution in [-0.2, 0) is 4.84 Å². The molecule has 1 atom stereocenters. The van der Waals surface area contributed by atoms with E-state index in [9.17, 15) is 4.79 Å². The zero-order valence-electron chi connectivity index (χ0n) is 8.37. The van der Waals surface area contributed by atoms with E-state index in [1.165, 1.54) is 0 Å². The molecule has 0 heterocycles. The highest BCUT2D eigenvalue weighted by atomic mass is 35.5. The number of hydrogen-bond donors (Lipinski definition) is 2. The first-order valence-electron chi connectivity index (χ1n) is 4.51. The molecule has 82 valence electrons. The van der Waals surface area contributed by atoms with Gasteiger partial charge in [-0.25, -0.2) is 5.90 Å². The van der Waals surface area contributed by atoms with Gasteiger partial charge in [0.25, 0.3) is 5.91 Å². The van der Waals surface area contributed by atoms with Crippen LogP contribution in [0, 0.1) is 0 Å². The van der Waals surface area contributed by atoms with E-state index in [4.69, 9.17) is 17.5 Å². The molecule has 0 aliphatic rings. The Labute approximate surface area is 93.3 Å². The molecule has 1 unspecified atom stereocenters. The molecule has 0 radical (unpaired) electrons. The van der Waals surface area contributed by atoms with Crippen molar-refractivity contribution >= 4 is 17.5 Å². The Bertz CT molecular complexity index is 327. The Balaban J connectivity index is 2.57. The molecule has 0 fully saturated rings. The van der Waals surface area contributed by atoms with Gasteiger partial charge < -0.3 is 10.2 Å². The number of hydrogen-bond acceptors (Lipinski definition) is 3. The van der Waals surface area contributed by atoms with E-state index in [1.807, 2.05) is 0 Å². The summed E-state index contributed by atoms with van der Waals surface area (Å²) >= 11 is 5.70. The van der Waals surface area contributed by atoms with Crippen LogP contribution in [0.15, 0.2) is 24.3 Å². The molecule has 1 aromatic rings.